The highest BCUT2D eigenvalue weighted by molar-refractivity contribution is 7.98. The Morgan fingerprint density at radius 1 is 0.605 bits per heavy atom. The number of amides is 4. The molecule has 14 nitrogen and oxygen atoms in total. The van der Waals surface area contributed by atoms with Crippen LogP contribution in [-0.2, 0) is 38.3 Å². The quantitative estimate of drug-likeness (QED) is 0.0730. The number of thioether (sulfide) groups is 2. The first-order chi connectivity index (χ1) is 39.5. The number of benzene rings is 4. The summed E-state index contributed by atoms with van der Waals surface area (Å²) >= 11 is 3.32. The van der Waals surface area contributed by atoms with Crippen molar-refractivity contribution >= 4 is 47.5 Å². The molecule has 0 spiro atoms. The van der Waals surface area contributed by atoms with E-state index in [9.17, 15) is 19.2 Å². The van der Waals surface area contributed by atoms with E-state index in [1.54, 1.807) is 23.5 Å². The number of nitrogens with one attached hydrogen (secondary N) is 4. The first kappa shape index (κ1) is 56.3. The Bertz CT molecular complexity index is 3200. The van der Waals surface area contributed by atoms with Gasteiger partial charge in [0.1, 0.15) is 23.7 Å². The van der Waals surface area contributed by atoms with Gasteiger partial charge in [0.05, 0.1) is 37.7 Å². The number of carbonyl (C=O) groups excluding carboxylic acids is 4. The van der Waals surface area contributed by atoms with Crippen LogP contribution in [0.15, 0.2) is 97.3 Å². The number of hydrogen-bond acceptors (Lipinski definition) is 10. The second-order valence-corrected chi connectivity index (χ2v) is 25.1. The second-order valence-electron chi connectivity index (χ2n) is 23.2. The average Bonchev–Trinajstić information content (AvgIpc) is 4.55. The van der Waals surface area contributed by atoms with Crippen molar-refractivity contribution in [1.29, 1.82) is 0 Å². The molecule has 0 radical (unpaired) electrons. The van der Waals surface area contributed by atoms with Gasteiger partial charge in [0, 0.05) is 35.6 Å². The number of carbonyl (C=O) groups is 4. The molecule has 426 valence electrons. The zero-order chi connectivity index (χ0) is 56.1. The molecule has 6 aliphatic carbocycles. The van der Waals surface area contributed by atoms with Crippen molar-refractivity contribution < 1.29 is 28.7 Å². The Kier molecular flexibility index (Phi) is 17.6. The molecule has 2 saturated carbocycles. The van der Waals surface area contributed by atoms with E-state index in [4.69, 9.17) is 19.4 Å². The van der Waals surface area contributed by atoms with E-state index < -0.39 is 24.3 Å². The van der Waals surface area contributed by atoms with Gasteiger partial charge in [-0.15, -0.1) is 0 Å². The van der Waals surface area contributed by atoms with Crippen LogP contribution in [0, 0.1) is 11.8 Å². The first-order valence-corrected chi connectivity index (χ1v) is 32.2. The molecule has 2 aromatic heterocycles. The van der Waals surface area contributed by atoms with Gasteiger partial charge in [-0.25, -0.2) is 19.6 Å². The van der Waals surface area contributed by atoms with E-state index in [0.29, 0.717) is 24.7 Å². The molecule has 16 heteroatoms. The minimum absolute atomic E-state index is 0.0513. The molecule has 4 heterocycles. The Balaban J connectivity index is 0.790. The van der Waals surface area contributed by atoms with Crippen LogP contribution in [-0.4, -0.2) is 116 Å². The van der Waals surface area contributed by atoms with Crippen molar-refractivity contribution in [3.8, 4) is 44.8 Å². The van der Waals surface area contributed by atoms with E-state index in [1.807, 2.05) is 24.9 Å². The summed E-state index contributed by atoms with van der Waals surface area (Å²) in [7, 11) is 2.68. The summed E-state index contributed by atoms with van der Waals surface area (Å²) in [6.07, 6.45) is 20.9. The Labute approximate surface area is 485 Å². The monoisotopic (exact) mass is 1130 g/mol. The van der Waals surface area contributed by atoms with Crippen molar-refractivity contribution in [3.63, 3.8) is 0 Å². The fourth-order valence-electron chi connectivity index (χ4n) is 14.1. The molecular formula is C65H78N8O6S2. The van der Waals surface area contributed by atoms with Gasteiger partial charge in [0.25, 0.3) is 0 Å². The van der Waals surface area contributed by atoms with Crippen molar-refractivity contribution in [2.75, 3.05) is 38.2 Å². The lowest BCUT2D eigenvalue weighted by Crippen LogP contribution is -2.52. The maximum atomic E-state index is 14.5. The lowest BCUT2D eigenvalue weighted by atomic mass is 9.84. The number of H-pyrrole nitrogens is 2. The normalized spacial score (nSPS) is 23.0. The van der Waals surface area contributed by atoms with Crippen LogP contribution in [0.25, 0.3) is 44.8 Å². The fraction of sp³-hybridized carbons (Fsp3) is 0.477. The minimum atomic E-state index is -0.660. The summed E-state index contributed by atoms with van der Waals surface area (Å²) in [6, 6.07) is 30.2. The van der Waals surface area contributed by atoms with Gasteiger partial charge in [0.15, 0.2) is 0 Å². The molecule has 8 aliphatic rings. The van der Waals surface area contributed by atoms with E-state index >= 15 is 0 Å². The van der Waals surface area contributed by atoms with E-state index in [-0.39, 0.29) is 41.9 Å². The summed E-state index contributed by atoms with van der Waals surface area (Å²) < 4.78 is 9.89. The summed E-state index contributed by atoms with van der Waals surface area (Å²) in [5.41, 5.74) is 13.8. The fourth-order valence-corrected chi connectivity index (χ4v) is 15.0. The zero-order valence-electron chi connectivity index (χ0n) is 47.5. The highest BCUT2D eigenvalue weighted by atomic mass is 32.2. The summed E-state index contributed by atoms with van der Waals surface area (Å²) in [6.45, 7) is 2.33. The number of likely N-dealkylation sites (tertiary alicyclic amines) is 2. The van der Waals surface area contributed by atoms with Crippen LogP contribution in [0.4, 0.5) is 9.59 Å². The summed E-state index contributed by atoms with van der Waals surface area (Å²) in [4.78, 5) is 75.2. The van der Waals surface area contributed by atoms with Crippen LogP contribution in [0.3, 0.4) is 0 Å². The molecular weight excluding hydrogens is 1050 g/mol. The summed E-state index contributed by atoms with van der Waals surface area (Å²) in [5, 5.41) is 5.70. The lowest BCUT2D eigenvalue weighted by Gasteiger charge is -2.36. The maximum Gasteiger partial charge on any atom is 0.407 e. The van der Waals surface area contributed by atoms with Crippen LogP contribution in [0.1, 0.15) is 136 Å². The number of nitrogens with zero attached hydrogens (tertiary/aromatic N) is 4. The van der Waals surface area contributed by atoms with Gasteiger partial charge in [-0.05, 0) is 157 Å². The number of rotatable bonds is 16. The molecule has 2 saturated heterocycles. The molecule has 0 unspecified atom stereocenters. The van der Waals surface area contributed by atoms with E-state index in [1.165, 1.54) is 71.6 Å². The van der Waals surface area contributed by atoms with Gasteiger partial charge in [0.2, 0.25) is 11.8 Å². The predicted octanol–water partition coefficient (Wildman–Crippen LogP) is 12.9. The van der Waals surface area contributed by atoms with Crippen LogP contribution in [0.2, 0.25) is 0 Å². The smallest absolute Gasteiger partial charge is 0.407 e. The zero-order valence-corrected chi connectivity index (χ0v) is 49.1. The third-order valence-electron chi connectivity index (χ3n) is 18.4. The van der Waals surface area contributed by atoms with Gasteiger partial charge >= 0.3 is 12.2 Å². The number of aryl methyl sites for hydroxylation is 2. The largest absolute Gasteiger partial charge is 0.453 e. The van der Waals surface area contributed by atoms with E-state index in [2.05, 4.69) is 122 Å². The lowest BCUT2D eigenvalue weighted by molar-refractivity contribution is -0.138. The number of ether oxygens (including phenoxy) is 2. The number of methoxy groups -OCH3 is 2. The second kappa shape index (κ2) is 25.3. The molecule has 6 aromatic rings. The standard InChI is InChI=1S/C65H78N8O6S2/c1-39-32-47-17-15-40(33-50(47)42-18-23-44(24-19-42)54-37-66-60(68-54)58-35-48-10-6-8-12-56(48)72(58)62(74)52(28-30-80-4)70-64(76)78-2)14-16-41-22-27-46(39)34-51(41)43-20-25-45(26-21-43)55-38-67-61(69-55)59-36-49-11-7-9-13-57(49)73(59)63(75)53(29-31-81-5)71-65(77)79-3/h15,17-27,33-34,37-39,48-49,52-53,56-59H,6-14,16,28-32,35-36H2,1-5H3,(H,66,68)(H,67,69)(H,70,76)(H,71,77)/t39-,48+,49+,52+,53+,56+,57+,58+,59+/m1/s1. The van der Waals surface area contributed by atoms with Crippen LogP contribution in [0.5, 0.6) is 0 Å². The van der Waals surface area contributed by atoms with Gasteiger partial charge in [-0.3, -0.25) is 9.59 Å². The van der Waals surface area contributed by atoms with Crippen molar-refractivity contribution in [2.24, 2.45) is 11.8 Å². The number of fused-ring (bicyclic) bond motifs is 2. The Hall–Kier alpha value is -6.52. The molecule has 4 fully saturated rings. The number of aromatic nitrogens is 4. The maximum absolute atomic E-state index is 14.5. The number of aromatic amines is 2. The van der Waals surface area contributed by atoms with Crippen LogP contribution < -0.4 is 10.6 Å². The SMILES string of the molecule is COC(=O)N[C@@H](CCSC)C(=O)N1[C@H](c2nc(-c3ccc(-c4cc5ccc4CCc4ccc(c(-c6ccc(-c7c[nH]c([C@@H]8C[C@@H]9CCCC[C@@H]9N8C(=O)[C@H](CCSC)NC(=O)OC)n7)cc6)c4)C[C@H]5C)cc3)c[nH]2)C[C@@H]2CCCC[C@@H]21. The van der Waals surface area contributed by atoms with Gasteiger partial charge in [-0.2, -0.15) is 23.5 Å². The van der Waals surface area contributed by atoms with Crippen molar-refractivity contribution in [3.05, 3.63) is 131 Å². The molecule has 4 aromatic carbocycles. The molecule has 2 aliphatic heterocycles. The molecule has 4 bridgehead atoms. The highest BCUT2D eigenvalue weighted by Gasteiger charge is 2.49. The number of alkyl carbamates (subject to hydrolysis) is 2. The highest BCUT2D eigenvalue weighted by Crippen LogP contribution is 2.48. The first-order valence-electron chi connectivity index (χ1n) is 29.4. The Morgan fingerprint density at radius 2 is 1.07 bits per heavy atom. The number of imidazole rings is 2. The van der Waals surface area contributed by atoms with Gasteiger partial charge in [-0.1, -0.05) is 118 Å². The third-order valence-corrected chi connectivity index (χ3v) is 19.6. The predicted molar refractivity (Wildman–Crippen MR) is 323 cm³/mol. The molecule has 4 amide bonds. The van der Waals surface area contributed by atoms with Crippen molar-refractivity contribution in [1.82, 2.24) is 40.4 Å². The van der Waals surface area contributed by atoms with Crippen LogP contribution >= 0.6 is 23.5 Å². The molecule has 14 rings (SSSR count). The molecule has 9 atom stereocenters. The van der Waals surface area contributed by atoms with E-state index in [0.717, 1.165) is 116 Å². The minimum Gasteiger partial charge on any atom is -0.453 e. The van der Waals surface area contributed by atoms with Crippen molar-refractivity contribution in [2.45, 2.75) is 145 Å². The average molecular weight is 1130 g/mol. The Morgan fingerprint density at radius 3 is 1.57 bits per heavy atom. The third kappa shape index (κ3) is 12.1. The topological polar surface area (TPSA) is 175 Å². The van der Waals surface area contributed by atoms with Gasteiger partial charge < -0.3 is 39.9 Å². The number of hydrogen-bond donors (Lipinski definition) is 4. The molecule has 4 N–H and O–H groups in total. The summed E-state index contributed by atoms with van der Waals surface area (Å²) in [5.74, 6) is 4.05. The molecule has 81 heavy (non-hydrogen) atoms.